The van der Waals surface area contributed by atoms with Gasteiger partial charge in [0.2, 0.25) is 0 Å². The lowest BCUT2D eigenvalue weighted by Gasteiger charge is -2.20. The first kappa shape index (κ1) is 10.5. The Morgan fingerprint density at radius 3 is 3.00 bits per heavy atom. The van der Waals surface area contributed by atoms with Crippen molar-refractivity contribution < 1.29 is 5.11 Å². The fraction of sp³-hybridized carbons (Fsp3) is 0.538. The van der Waals surface area contributed by atoms with Gasteiger partial charge >= 0.3 is 0 Å². The van der Waals surface area contributed by atoms with Crippen LogP contribution in [0.1, 0.15) is 24.0 Å². The summed E-state index contributed by atoms with van der Waals surface area (Å²) in [6.07, 6.45) is 4.53. The number of aliphatic hydroxyl groups is 1. The number of aryl methyl sites for hydroxylation is 1. The van der Waals surface area contributed by atoms with E-state index in [1.165, 1.54) is 36.1 Å². The highest BCUT2D eigenvalue weighted by molar-refractivity contribution is 5.55. The first-order chi connectivity index (χ1) is 7.31. The third-order valence-electron chi connectivity index (χ3n) is 3.15. The summed E-state index contributed by atoms with van der Waals surface area (Å²) in [5, 5.41) is 8.93. The van der Waals surface area contributed by atoms with Crippen molar-refractivity contribution in [1.82, 2.24) is 0 Å². The maximum absolute atomic E-state index is 8.93. The molecule has 0 fully saturated rings. The molecular formula is C13H19NO. The molecule has 2 heteroatoms. The van der Waals surface area contributed by atoms with Crippen molar-refractivity contribution in [2.24, 2.45) is 0 Å². The van der Waals surface area contributed by atoms with Crippen LogP contribution in [0.25, 0.3) is 0 Å². The zero-order valence-electron chi connectivity index (χ0n) is 9.37. The Balaban J connectivity index is 2.31. The van der Waals surface area contributed by atoms with Gasteiger partial charge in [-0.05, 0) is 42.9 Å². The maximum atomic E-state index is 8.93. The summed E-state index contributed by atoms with van der Waals surface area (Å²) >= 11 is 0. The minimum Gasteiger partial charge on any atom is -0.396 e. The highest BCUT2D eigenvalue weighted by Crippen LogP contribution is 2.26. The minimum atomic E-state index is 0.239. The Labute approximate surface area is 91.5 Å². The van der Waals surface area contributed by atoms with Gasteiger partial charge in [-0.1, -0.05) is 12.1 Å². The molecule has 1 aromatic carbocycles. The predicted octanol–water partition coefficient (Wildman–Crippen LogP) is 1.99. The molecule has 15 heavy (non-hydrogen) atoms. The SMILES string of the molecule is CN1CCCCc2ccc(CCO)cc21. The molecule has 0 radical (unpaired) electrons. The van der Waals surface area contributed by atoms with Crippen molar-refractivity contribution >= 4 is 5.69 Å². The van der Waals surface area contributed by atoms with Crippen LogP contribution >= 0.6 is 0 Å². The van der Waals surface area contributed by atoms with Crippen LogP contribution in [0.2, 0.25) is 0 Å². The summed E-state index contributed by atoms with van der Waals surface area (Å²) < 4.78 is 0. The van der Waals surface area contributed by atoms with Gasteiger partial charge in [0.1, 0.15) is 0 Å². The van der Waals surface area contributed by atoms with Crippen molar-refractivity contribution in [2.75, 3.05) is 25.1 Å². The standard InChI is InChI=1S/C13H19NO/c1-14-8-3-2-4-12-6-5-11(7-9-15)10-13(12)14/h5-6,10,15H,2-4,7-9H2,1H3. The normalized spacial score (nSPS) is 16.0. The third kappa shape index (κ3) is 2.32. The summed E-state index contributed by atoms with van der Waals surface area (Å²) in [4.78, 5) is 2.34. The van der Waals surface area contributed by atoms with E-state index in [1.54, 1.807) is 0 Å². The van der Waals surface area contributed by atoms with Gasteiger partial charge in [0, 0.05) is 25.9 Å². The highest BCUT2D eigenvalue weighted by Gasteiger charge is 2.12. The molecule has 82 valence electrons. The van der Waals surface area contributed by atoms with E-state index in [1.807, 2.05) is 0 Å². The van der Waals surface area contributed by atoms with E-state index < -0.39 is 0 Å². The molecule has 0 bridgehead atoms. The molecule has 1 N–H and O–H groups in total. The molecule has 0 saturated carbocycles. The second-order valence-electron chi connectivity index (χ2n) is 4.32. The fourth-order valence-electron chi connectivity index (χ4n) is 2.25. The molecule has 1 heterocycles. The number of hydrogen-bond acceptors (Lipinski definition) is 2. The average Bonchev–Trinajstić information content (AvgIpc) is 2.42. The largest absolute Gasteiger partial charge is 0.396 e. The number of benzene rings is 1. The molecule has 2 nitrogen and oxygen atoms in total. The Morgan fingerprint density at radius 2 is 2.20 bits per heavy atom. The Morgan fingerprint density at radius 1 is 1.33 bits per heavy atom. The first-order valence-corrected chi connectivity index (χ1v) is 5.75. The van der Waals surface area contributed by atoms with Crippen molar-refractivity contribution in [2.45, 2.75) is 25.7 Å². The van der Waals surface area contributed by atoms with Gasteiger partial charge in [-0.25, -0.2) is 0 Å². The van der Waals surface area contributed by atoms with Gasteiger partial charge in [-0.3, -0.25) is 0 Å². The number of aliphatic hydroxyl groups excluding tert-OH is 1. The van der Waals surface area contributed by atoms with Crippen LogP contribution in [0.4, 0.5) is 5.69 Å². The molecule has 1 aromatic rings. The molecule has 0 amide bonds. The number of anilines is 1. The molecule has 0 aliphatic carbocycles. The third-order valence-corrected chi connectivity index (χ3v) is 3.15. The monoisotopic (exact) mass is 205 g/mol. The number of hydrogen-bond donors (Lipinski definition) is 1. The second kappa shape index (κ2) is 4.67. The predicted molar refractivity (Wildman–Crippen MR) is 63.4 cm³/mol. The lowest BCUT2D eigenvalue weighted by atomic mass is 10.0. The molecule has 0 saturated heterocycles. The Hall–Kier alpha value is -1.02. The maximum Gasteiger partial charge on any atom is 0.0471 e. The molecule has 1 aliphatic heterocycles. The van der Waals surface area contributed by atoms with Gasteiger partial charge in [-0.15, -0.1) is 0 Å². The zero-order chi connectivity index (χ0) is 10.7. The lowest BCUT2D eigenvalue weighted by molar-refractivity contribution is 0.299. The molecule has 0 aromatic heterocycles. The van der Waals surface area contributed by atoms with Crippen LogP contribution in [0, 0.1) is 0 Å². The van der Waals surface area contributed by atoms with E-state index in [9.17, 15) is 0 Å². The van der Waals surface area contributed by atoms with Gasteiger partial charge in [0.25, 0.3) is 0 Å². The quantitative estimate of drug-likeness (QED) is 0.798. The van der Waals surface area contributed by atoms with Crippen LogP contribution in [0.15, 0.2) is 18.2 Å². The van der Waals surface area contributed by atoms with Gasteiger partial charge in [-0.2, -0.15) is 0 Å². The van der Waals surface area contributed by atoms with E-state index in [0.717, 1.165) is 13.0 Å². The van der Waals surface area contributed by atoms with Crippen LogP contribution in [-0.2, 0) is 12.8 Å². The topological polar surface area (TPSA) is 23.5 Å². The summed E-state index contributed by atoms with van der Waals surface area (Å²) in [5.74, 6) is 0. The average molecular weight is 205 g/mol. The van der Waals surface area contributed by atoms with E-state index in [0.29, 0.717) is 0 Å². The fourth-order valence-corrected chi connectivity index (χ4v) is 2.25. The summed E-state index contributed by atoms with van der Waals surface area (Å²) in [6, 6.07) is 6.60. The number of nitrogens with zero attached hydrogens (tertiary/aromatic N) is 1. The van der Waals surface area contributed by atoms with Gasteiger partial charge in [0.15, 0.2) is 0 Å². The van der Waals surface area contributed by atoms with Crippen LogP contribution in [-0.4, -0.2) is 25.3 Å². The second-order valence-corrected chi connectivity index (χ2v) is 4.32. The van der Waals surface area contributed by atoms with E-state index in [2.05, 4.69) is 30.1 Å². The Bertz CT molecular complexity index is 335. The van der Waals surface area contributed by atoms with Crippen LogP contribution in [0.5, 0.6) is 0 Å². The molecular weight excluding hydrogens is 186 g/mol. The van der Waals surface area contributed by atoms with Crippen LogP contribution in [0.3, 0.4) is 0 Å². The summed E-state index contributed by atoms with van der Waals surface area (Å²) in [6.45, 7) is 1.39. The molecule has 0 unspecified atom stereocenters. The first-order valence-electron chi connectivity index (χ1n) is 5.75. The van der Waals surface area contributed by atoms with Crippen molar-refractivity contribution in [3.8, 4) is 0 Å². The smallest absolute Gasteiger partial charge is 0.0471 e. The summed E-state index contributed by atoms with van der Waals surface area (Å²) in [7, 11) is 2.16. The lowest BCUT2D eigenvalue weighted by Crippen LogP contribution is -2.17. The zero-order valence-corrected chi connectivity index (χ0v) is 9.37. The molecule has 1 aliphatic rings. The van der Waals surface area contributed by atoms with Crippen molar-refractivity contribution in [3.63, 3.8) is 0 Å². The summed E-state index contributed by atoms with van der Waals surface area (Å²) in [5.41, 5.74) is 4.06. The van der Waals surface area contributed by atoms with Crippen LogP contribution < -0.4 is 4.90 Å². The van der Waals surface area contributed by atoms with E-state index in [4.69, 9.17) is 5.11 Å². The Kier molecular flexibility index (Phi) is 3.27. The molecule has 0 spiro atoms. The van der Waals surface area contributed by atoms with Crippen molar-refractivity contribution in [1.29, 1.82) is 0 Å². The number of fused-ring (bicyclic) bond motifs is 1. The van der Waals surface area contributed by atoms with E-state index in [-0.39, 0.29) is 6.61 Å². The van der Waals surface area contributed by atoms with Crippen molar-refractivity contribution in [3.05, 3.63) is 29.3 Å². The highest BCUT2D eigenvalue weighted by atomic mass is 16.2. The number of rotatable bonds is 2. The molecule has 2 rings (SSSR count). The van der Waals surface area contributed by atoms with Gasteiger partial charge < -0.3 is 10.0 Å². The molecule has 0 atom stereocenters. The van der Waals surface area contributed by atoms with E-state index >= 15 is 0 Å². The minimum absolute atomic E-state index is 0.239. The van der Waals surface area contributed by atoms with Gasteiger partial charge in [0.05, 0.1) is 0 Å².